The van der Waals surface area contributed by atoms with Crippen LogP contribution in [0.3, 0.4) is 0 Å². The molecule has 3 aromatic rings. The number of ether oxygens (including phenoxy) is 1. The van der Waals surface area contributed by atoms with Crippen LogP contribution in [0.4, 0.5) is 11.6 Å². The van der Waals surface area contributed by atoms with Crippen molar-refractivity contribution in [3.63, 3.8) is 0 Å². The molecule has 1 N–H and O–H groups in total. The fourth-order valence-corrected chi connectivity index (χ4v) is 4.06. The van der Waals surface area contributed by atoms with Crippen LogP contribution in [0.5, 0.6) is 5.75 Å². The van der Waals surface area contributed by atoms with Crippen LogP contribution in [0.25, 0.3) is 0 Å². The third-order valence-corrected chi connectivity index (χ3v) is 5.68. The van der Waals surface area contributed by atoms with Crippen molar-refractivity contribution in [2.24, 2.45) is 0 Å². The van der Waals surface area contributed by atoms with Gasteiger partial charge in [0.2, 0.25) is 11.9 Å². The van der Waals surface area contributed by atoms with Gasteiger partial charge in [0.15, 0.2) is 0 Å². The summed E-state index contributed by atoms with van der Waals surface area (Å²) in [4.78, 5) is 28.0. The molecule has 1 amide bonds. The number of piperidine rings is 1. The third-order valence-electron chi connectivity index (χ3n) is 5.68. The summed E-state index contributed by atoms with van der Waals surface area (Å²) in [5, 5.41) is 2.98. The second kappa shape index (κ2) is 10.2. The summed E-state index contributed by atoms with van der Waals surface area (Å²) in [7, 11) is 1.66. The largest absolute Gasteiger partial charge is 0.497 e. The van der Waals surface area contributed by atoms with Gasteiger partial charge in [0, 0.05) is 43.5 Å². The van der Waals surface area contributed by atoms with E-state index in [1.807, 2.05) is 36.4 Å². The van der Waals surface area contributed by atoms with E-state index in [-0.39, 0.29) is 23.7 Å². The summed E-state index contributed by atoms with van der Waals surface area (Å²) < 4.78 is 5.44. The molecule has 1 fully saturated rings. The van der Waals surface area contributed by atoms with E-state index >= 15 is 0 Å². The Hall–Kier alpha value is -3.19. The predicted octanol–water partition coefficient (Wildman–Crippen LogP) is 3.87. The highest BCUT2D eigenvalue weighted by molar-refractivity contribution is 5.91. The maximum atomic E-state index is 13.0. The Balaban J connectivity index is 0.00000272. The van der Waals surface area contributed by atoms with Crippen molar-refractivity contribution in [1.82, 2.24) is 15.0 Å². The number of hydrogen-bond acceptors (Lipinski definition) is 6. The molecule has 7 nitrogen and oxygen atoms in total. The van der Waals surface area contributed by atoms with Gasteiger partial charge in [-0.3, -0.25) is 9.78 Å². The first kappa shape index (κ1) is 22.5. The lowest BCUT2D eigenvalue weighted by Crippen LogP contribution is -2.45. The Morgan fingerprint density at radius 2 is 1.87 bits per heavy atom. The number of rotatable bonds is 6. The zero-order valence-corrected chi connectivity index (χ0v) is 18.2. The molecule has 2 aromatic heterocycles. The normalized spacial score (nSPS) is 14.9. The molecule has 0 unspecified atom stereocenters. The fraction of sp³-hybridized carbons (Fsp3) is 0.304. The number of methoxy groups -OCH3 is 1. The average molecular weight is 440 g/mol. The third kappa shape index (κ3) is 5.30. The first-order chi connectivity index (χ1) is 14.7. The minimum Gasteiger partial charge on any atom is -0.497 e. The molecular formula is C23H26ClN5O2. The maximum Gasteiger partial charge on any atom is 0.225 e. The van der Waals surface area contributed by atoms with Crippen molar-refractivity contribution < 1.29 is 9.53 Å². The predicted molar refractivity (Wildman–Crippen MR) is 123 cm³/mol. The maximum absolute atomic E-state index is 13.0. The van der Waals surface area contributed by atoms with E-state index in [4.69, 9.17) is 4.74 Å². The van der Waals surface area contributed by atoms with Crippen molar-refractivity contribution in [3.8, 4) is 5.75 Å². The van der Waals surface area contributed by atoms with Gasteiger partial charge in [-0.05, 0) is 48.7 Å². The quantitative estimate of drug-likeness (QED) is 0.628. The van der Waals surface area contributed by atoms with Crippen molar-refractivity contribution >= 4 is 29.9 Å². The molecule has 1 aliphatic heterocycles. The van der Waals surface area contributed by atoms with Crippen LogP contribution in [0.1, 0.15) is 24.8 Å². The Labute approximate surface area is 188 Å². The standard InChI is InChI=1S/C23H25N5O2.ClH/c1-30-20-7-2-5-18(15-20)23(16-21(29)27-19-6-3-10-24-17-19)8-13-28(14-9-23)22-25-11-4-12-26-22;/h2-7,10-12,15,17H,8-9,13-14,16H2,1H3,(H,27,29);1H. The van der Waals surface area contributed by atoms with Crippen LogP contribution < -0.4 is 15.0 Å². The molecule has 3 heterocycles. The lowest BCUT2D eigenvalue weighted by Gasteiger charge is -2.42. The van der Waals surface area contributed by atoms with Crippen LogP contribution in [-0.2, 0) is 10.2 Å². The van der Waals surface area contributed by atoms with E-state index in [1.54, 1.807) is 31.9 Å². The lowest BCUT2D eigenvalue weighted by molar-refractivity contribution is -0.117. The molecule has 162 valence electrons. The van der Waals surface area contributed by atoms with Crippen molar-refractivity contribution in [1.29, 1.82) is 0 Å². The first-order valence-corrected chi connectivity index (χ1v) is 10.0. The first-order valence-electron chi connectivity index (χ1n) is 10.0. The van der Waals surface area contributed by atoms with Gasteiger partial charge in [0.05, 0.1) is 19.0 Å². The highest BCUT2D eigenvalue weighted by Gasteiger charge is 2.39. The van der Waals surface area contributed by atoms with Gasteiger partial charge < -0.3 is 15.0 Å². The SMILES string of the molecule is COc1cccc(C2(CC(=O)Nc3cccnc3)CCN(c3ncccn3)CC2)c1.Cl. The molecule has 0 spiro atoms. The van der Waals surface area contributed by atoms with Crippen molar-refractivity contribution in [2.45, 2.75) is 24.7 Å². The number of pyridine rings is 1. The summed E-state index contributed by atoms with van der Waals surface area (Å²) in [6.07, 6.45) is 8.89. The molecule has 1 aliphatic rings. The van der Waals surface area contributed by atoms with E-state index in [2.05, 4.69) is 31.2 Å². The number of aromatic nitrogens is 3. The molecule has 0 radical (unpaired) electrons. The van der Waals surface area contributed by atoms with Crippen LogP contribution in [0, 0.1) is 0 Å². The minimum absolute atomic E-state index is 0. The molecule has 8 heteroatoms. The number of amides is 1. The fourth-order valence-electron chi connectivity index (χ4n) is 4.06. The number of halogens is 1. The number of hydrogen-bond donors (Lipinski definition) is 1. The Morgan fingerprint density at radius 3 is 2.55 bits per heavy atom. The van der Waals surface area contributed by atoms with Gasteiger partial charge in [-0.1, -0.05) is 12.1 Å². The van der Waals surface area contributed by atoms with E-state index in [0.29, 0.717) is 12.1 Å². The summed E-state index contributed by atoms with van der Waals surface area (Å²) in [5.41, 5.74) is 1.54. The van der Waals surface area contributed by atoms with Gasteiger partial charge in [-0.15, -0.1) is 12.4 Å². The second-order valence-electron chi connectivity index (χ2n) is 7.51. The molecule has 0 atom stereocenters. The van der Waals surface area contributed by atoms with Gasteiger partial charge in [0.1, 0.15) is 5.75 Å². The average Bonchev–Trinajstić information content (AvgIpc) is 2.81. The van der Waals surface area contributed by atoms with Crippen molar-refractivity contribution in [2.75, 3.05) is 30.4 Å². The van der Waals surface area contributed by atoms with Gasteiger partial charge in [-0.2, -0.15) is 0 Å². The van der Waals surface area contributed by atoms with E-state index < -0.39 is 0 Å². The monoisotopic (exact) mass is 439 g/mol. The number of nitrogens with one attached hydrogen (secondary N) is 1. The van der Waals surface area contributed by atoms with Crippen LogP contribution in [0.2, 0.25) is 0 Å². The van der Waals surface area contributed by atoms with Crippen molar-refractivity contribution in [3.05, 3.63) is 72.8 Å². The molecule has 31 heavy (non-hydrogen) atoms. The molecule has 4 rings (SSSR count). The Kier molecular flexibility index (Phi) is 7.41. The van der Waals surface area contributed by atoms with E-state index in [9.17, 15) is 4.79 Å². The number of carbonyl (C=O) groups excluding carboxylic acids is 1. The zero-order chi connectivity index (χ0) is 20.8. The summed E-state index contributed by atoms with van der Waals surface area (Å²) in [6.45, 7) is 1.56. The topological polar surface area (TPSA) is 80.2 Å². The molecule has 0 saturated carbocycles. The Morgan fingerprint density at radius 1 is 1.10 bits per heavy atom. The van der Waals surface area contributed by atoms with Gasteiger partial charge in [-0.25, -0.2) is 9.97 Å². The minimum atomic E-state index is -0.286. The number of nitrogens with zero attached hydrogens (tertiary/aromatic N) is 4. The summed E-state index contributed by atoms with van der Waals surface area (Å²) in [5.74, 6) is 1.51. The van der Waals surface area contributed by atoms with E-state index in [1.165, 1.54) is 0 Å². The zero-order valence-electron chi connectivity index (χ0n) is 17.4. The number of anilines is 2. The van der Waals surface area contributed by atoms with E-state index in [0.717, 1.165) is 43.2 Å². The smallest absolute Gasteiger partial charge is 0.225 e. The van der Waals surface area contributed by atoms with Crippen LogP contribution in [0.15, 0.2) is 67.3 Å². The second-order valence-corrected chi connectivity index (χ2v) is 7.51. The molecule has 1 aromatic carbocycles. The van der Waals surface area contributed by atoms with Crippen LogP contribution in [-0.4, -0.2) is 41.1 Å². The molecule has 0 aliphatic carbocycles. The lowest BCUT2D eigenvalue weighted by atomic mass is 9.70. The highest BCUT2D eigenvalue weighted by Crippen LogP contribution is 2.40. The number of benzene rings is 1. The Bertz CT molecular complexity index is 980. The number of carbonyl (C=O) groups is 1. The molecule has 1 saturated heterocycles. The molecule has 0 bridgehead atoms. The summed E-state index contributed by atoms with van der Waals surface area (Å²) >= 11 is 0. The van der Waals surface area contributed by atoms with Gasteiger partial charge >= 0.3 is 0 Å². The van der Waals surface area contributed by atoms with Gasteiger partial charge in [0.25, 0.3) is 0 Å². The highest BCUT2D eigenvalue weighted by atomic mass is 35.5. The van der Waals surface area contributed by atoms with Crippen LogP contribution >= 0.6 is 12.4 Å². The summed E-state index contributed by atoms with van der Waals surface area (Å²) in [6, 6.07) is 13.5. The molecular weight excluding hydrogens is 414 g/mol.